The number of benzene rings is 2. The molecule has 3 rings (SSSR count). The van der Waals surface area contributed by atoms with E-state index in [4.69, 9.17) is 4.99 Å². The number of phenolic OH excluding ortho intramolecular Hbond substituents is 1. The molecule has 21 heavy (non-hydrogen) atoms. The van der Waals surface area contributed by atoms with E-state index in [0.717, 1.165) is 32.8 Å². The molecule has 0 fully saturated rings. The molecule has 0 radical (unpaired) electrons. The van der Waals surface area contributed by atoms with E-state index in [2.05, 4.69) is 18.7 Å². The average Bonchev–Trinajstić information content (AvgIpc) is 2.85. The van der Waals surface area contributed by atoms with E-state index >= 15 is 0 Å². The highest BCUT2D eigenvalue weighted by atomic mass is 16.3. The summed E-state index contributed by atoms with van der Waals surface area (Å²) in [4.78, 5) is 4.71. The van der Waals surface area contributed by atoms with Crippen molar-refractivity contribution in [3.05, 3.63) is 75.8 Å². The number of phenols is 1. The van der Waals surface area contributed by atoms with Crippen molar-refractivity contribution in [1.82, 2.24) is 0 Å². The standard InChI is InChI=1S/C19H19NO/c1-12(2)8-15-9-13(3)10-16(19(15)21)18-11-14-6-4-5-7-17(14)20-18/h4-7,9-11,18,21H,1,8H2,2-3H3. The molecule has 2 nitrogen and oxygen atoms in total. The summed E-state index contributed by atoms with van der Waals surface area (Å²) in [6.07, 6.45) is 2.80. The smallest absolute Gasteiger partial charge is 0.124 e. The first kappa shape index (κ1) is 13.6. The summed E-state index contributed by atoms with van der Waals surface area (Å²) in [7, 11) is 0. The van der Waals surface area contributed by atoms with E-state index in [1.54, 1.807) is 0 Å². The zero-order chi connectivity index (χ0) is 15.0. The van der Waals surface area contributed by atoms with Crippen molar-refractivity contribution in [2.75, 3.05) is 0 Å². The predicted molar refractivity (Wildman–Crippen MR) is 85.8 cm³/mol. The van der Waals surface area contributed by atoms with Gasteiger partial charge in [-0.15, -0.1) is 0 Å². The molecule has 106 valence electrons. The Hall–Kier alpha value is -2.35. The summed E-state index contributed by atoms with van der Waals surface area (Å²) in [6.45, 7) is 7.96. The molecule has 1 N–H and O–H groups in total. The minimum Gasteiger partial charge on any atom is -0.507 e. The van der Waals surface area contributed by atoms with Gasteiger partial charge < -0.3 is 5.11 Å². The van der Waals surface area contributed by atoms with Gasteiger partial charge in [0, 0.05) is 5.56 Å². The topological polar surface area (TPSA) is 32.6 Å². The lowest BCUT2D eigenvalue weighted by Crippen LogP contribution is -2.19. The predicted octanol–water partition coefficient (Wildman–Crippen LogP) is 2.97. The Bertz CT molecular complexity index is 798. The van der Waals surface area contributed by atoms with Crippen molar-refractivity contribution in [2.24, 2.45) is 4.99 Å². The number of aryl methyl sites for hydroxylation is 1. The fraction of sp³-hybridized carbons (Fsp3) is 0.211. The highest BCUT2D eigenvalue weighted by Gasteiger charge is 2.18. The molecule has 1 heterocycles. The number of allylic oxidation sites excluding steroid dienone is 1. The third kappa shape index (κ3) is 2.62. The van der Waals surface area contributed by atoms with Crippen LogP contribution >= 0.6 is 0 Å². The Morgan fingerprint density at radius 2 is 2.05 bits per heavy atom. The van der Waals surface area contributed by atoms with Crippen molar-refractivity contribution >= 4 is 6.08 Å². The van der Waals surface area contributed by atoms with Gasteiger partial charge in [0.15, 0.2) is 0 Å². The average molecular weight is 277 g/mol. The Labute approximate surface area is 124 Å². The first-order valence-electron chi connectivity index (χ1n) is 7.16. The van der Waals surface area contributed by atoms with Crippen LogP contribution < -0.4 is 10.6 Å². The molecule has 0 bridgehead atoms. The molecule has 0 aliphatic carbocycles. The molecule has 0 spiro atoms. The van der Waals surface area contributed by atoms with Gasteiger partial charge >= 0.3 is 0 Å². The van der Waals surface area contributed by atoms with Crippen molar-refractivity contribution < 1.29 is 5.11 Å². The number of nitrogens with zero attached hydrogens (tertiary/aromatic N) is 1. The highest BCUT2D eigenvalue weighted by molar-refractivity contribution is 5.53. The Morgan fingerprint density at radius 3 is 2.76 bits per heavy atom. The molecule has 1 aliphatic rings. The maximum atomic E-state index is 10.6. The van der Waals surface area contributed by atoms with Gasteiger partial charge in [-0.3, -0.25) is 4.99 Å². The summed E-state index contributed by atoms with van der Waals surface area (Å²) < 4.78 is 0. The van der Waals surface area contributed by atoms with E-state index in [1.165, 1.54) is 0 Å². The fourth-order valence-electron chi connectivity index (χ4n) is 2.83. The Kier molecular flexibility index (Phi) is 3.38. The minimum atomic E-state index is -0.105. The summed E-state index contributed by atoms with van der Waals surface area (Å²) in [6, 6.07) is 12.0. The Balaban J connectivity index is 2.10. The van der Waals surface area contributed by atoms with Crippen molar-refractivity contribution in [2.45, 2.75) is 26.3 Å². The molecule has 2 aromatic carbocycles. The van der Waals surface area contributed by atoms with Crippen molar-refractivity contribution in [1.29, 1.82) is 0 Å². The molecule has 0 amide bonds. The summed E-state index contributed by atoms with van der Waals surface area (Å²) in [5.74, 6) is 0.349. The number of hydrogen-bond donors (Lipinski definition) is 1. The van der Waals surface area contributed by atoms with Crippen molar-refractivity contribution in [3.63, 3.8) is 0 Å². The molecule has 0 saturated carbocycles. The molecular weight excluding hydrogens is 258 g/mol. The molecule has 0 saturated heterocycles. The maximum absolute atomic E-state index is 10.6. The summed E-state index contributed by atoms with van der Waals surface area (Å²) in [5.41, 5.74) is 3.98. The van der Waals surface area contributed by atoms with Crippen LogP contribution in [-0.4, -0.2) is 5.11 Å². The Morgan fingerprint density at radius 1 is 1.29 bits per heavy atom. The summed E-state index contributed by atoms with van der Waals surface area (Å²) in [5, 5.41) is 12.7. The largest absolute Gasteiger partial charge is 0.507 e. The van der Waals surface area contributed by atoms with E-state index in [-0.39, 0.29) is 6.04 Å². The van der Waals surface area contributed by atoms with Crippen LogP contribution in [0, 0.1) is 6.92 Å². The molecule has 2 heteroatoms. The van der Waals surface area contributed by atoms with Gasteiger partial charge in [0.25, 0.3) is 0 Å². The number of para-hydroxylation sites is 1. The number of fused-ring (bicyclic) bond motifs is 1. The van der Waals surface area contributed by atoms with E-state index in [1.807, 2.05) is 44.2 Å². The van der Waals surface area contributed by atoms with Crippen LogP contribution in [0.3, 0.4) is 0 Å². The second-order valence-electron chi connectivity index (χ2n) is 5.80. The quantitative estimate of drug-likeness (QED) is 0.860. The zero-order valence-electron chi connectivity index (χ0n) is 12.4. The van der Waals surface area contributed by atoms with Gasteiger partial charge in [-0.05, 0) is 49.3 Å². The van der Waals surface area contributed by atoms with Crippen LogP contribution in [0.2, 0.25) is 0 Å². The highest BCUT2D eigenvalue weighted by Crippen LogP contribution is 2.34. The molecule has 2 aromatic rings. The van der Waals surface area contributed by atoms with Gasteiger partial charge in [-0.25, -0.2) is 0 Å². The number of hydrogen-bond acceptors (Lipinski definition) is 2. The molecule has 1 aliphatic heterocycles. The van der Waals surface area contributed by atoms with E-state index in [0.29, 0.717) is 12.2 Å². The number of rotatable bonds is 3. The van der Waals surface area contributed by atoms with Gasteiger partial charge in [0.2, 0.25) is 0 Å². The zero-order valence-corrected chi connectivity index (χ0v) is 12.4. The monoisotopic (exact) mass is 277 g/mol. The van der Waals surface area contributed by atoms with Gasteiger partial charge in [-0.2, -0.15) is 0 Å². The van der Waals surface area contributed by atoms with E-state index < -0.39 is 0 Å². The van der Waals surface area contributed by atoms with Crippen LogP contribution in [-0.2, 0) is 6.42 Å². The third-order valence-electron chi connectivity index (χ3n) is 3.73. The van der Waals surface area contributed by atoms with Gasteiger partial charge in [0.1, 0.15) is 5.75 Å². The maximum Gasteiger partial charge on any atom is 0.124 e. The van der Waals surface area contributed by atoms with Crippen LogP contribution in [0.5, 0.6) is 5.75 Å². The third-order valence-corrected chi connectivity index (χ3v) is 3.73. The van der Waals surface area contributed by atoms with Crippen LogP contribution in [0.4, 0.5) is 0 Å². The first-order chi connectivity index (χ1) is 10.0. The van der Waals surface area contributed by atoms with Crippen molar-refractivity contribution in [3.8, 4) is 5.75 Å². The summed E-state index contributed by atoms with van der Waals surface area (Å²) >= 11 is 0. The normalized spacial score (nSPS) is 16.0. The van der Waals surface area contributed by atoms with Gasteiger partial charge in [-0.1, -0.05) is 42.0 Å². The van der Waals surface area contributed by atoms with Crippen LogP contribution in [0.15, 0.2) is 53.5 Å². The second-order valence-corrected chi connectivity index (χ2v) is 5.80. The van der Waals surface area contributed by atoms with Crippen LogP contribution in [0.1, 0.15) is 29.7 Å². The van der Waals surface area contributed by atoms with Crippen LogP contribution in [0.25, 0.3) is 6.08 Å². The lowest BCUT2D eigenvalue weighted by molar-refractivity contribution is 0.460. The first-order valence-corrected chi connectivity index (χ1v) is 7.16. The number of aromatic hydroxyl groups is 1. The van der Waals surface area contributed by atoms with E-state index in [9.17, 15) is 5.11 Å². The molecule has 1 atom stereocenters. The lowest BCUT2D eigenvalue weighted by atomic mass is 9.96. The minimum absolute atomic E-state index is 0.105. The second kappa shape index (κ2) is 5.21. The lowest BCUT2D eigenvalue weighted by Gasteiger charge is -2.14. The SMILES string of the molecule is C=C(C)Cc1cc(C)cc(C2C=c3ccccc3=N2)c1O. The molecule has 0 aromatic heterocycles. The molecular formula is C19H19NO. The molecule has 1 unspecified atom stereocenters. The fourth-order valence-corrected chi connectivity index (χ4v) is 2.83. The van der Waals surface area contributed by atoms with Gasteiger partial charge in [0.05, 0.1) is 11.4 Å².